The number of rotatable bonds is 3. The molecule has 0 saturated carbocycles. The van der Waals surface area contributed by atoms with E-state index in [0.29, 0.717) is 5.92 Å². The number of hydrogen-bond donors (Lipinski definition) is 0. The molecule has 2 aromatic rings. The molecule has 0 N–H and O–H groups in total. The summed E-state index contributed by atoms with van der Waals surface area (Å²) < 4.78 is 2.99. The van der Waals surface area contributed by atoms with Gasteiger partial charge in [0.05, 0.1) is 6.33 Å². The second-order valence-corrected chi connectivity index (χ2v) is 5.54. The van der Waals surface area contributed by atoms with Crippen LogP contribution < -0.4 is 0 Å². The van der Waals surface area contributed by atoms with Crippen LogP contribution in [0.3, 0.4) is 0 Å². The highest BCUT2D eigenvalue weighted by molar-refractivity contribution is 9.10. The lowest BCUT2D eigenvalue weighted by Crippen LogP contribution is -1.93. The van der Waals surface area contributed by atoms with Gasteiger partial charge in [-0.25, -0.2) is 4.98 Å². The van der Waals surface area contributed by atoms with Crippen LogP contribution in [-0.4, -0.2) is 9.55 Å². The van der Waals surface area contributed by atoms with Crippen molar-refractivity contribution < 1.29 is 0 Å². The topological polar surface area (TPSA) is 17.8 Å². The summed E-state index contributed by atoms with van der Waals surface area (Å²) in [5.74, 6) is 0.697. The maximum atomic E-state index is 4.39. The van der Waals surface area contributed by atoms with E-state index in [1.807, 2.05) is 17.9 Å². The molecule has 2 nitrogen and oxygen atoms in total. The minimum absolute atomic E-state index is 0.697. The van der Waals surface area contributed by atoms with E-state index < -0.39 is 0 Å². The smallest absolute Gasteiger partial charge is 0.112 e. The highest BCUT2D eigenvalue weighted by Crippen LogP contribution is 2.26. The Kier molecular flexibility index (Phi) is 3.67. The van der Waals surface area contributed by atoms with Gasteiger partial charge >= 0.3 is 0 Å². The minimum Gasteiger partial charge on any atom is -0.328 e. The van der Waals surface area contributed by atoms with Gasteiger partial charge in [0.1, 0.15) is 10.3 Å². The molecule has 3 heteroatoms. The van der Waals surface area contributed by atoms with Crippen LogP contribution in [0.4, 0.5) is 0 Å². The number of benzene rings is 1. The molecule has 0 atom stereocenters. The second-order valence-electron chi connectivity index (χ2n) is 4.79. The largest absolute Gasteiger partial charge is 0.328 e. The summed E-state index contributed by atoms with van der Waals surface area (Å²) in [7, 11) is 1.98. The van der Waals surface area contributed by atoms with Gasteiger partial charge in [0.25, 0.3) is 0 Å². The number of nitrogens with zero attached hydrogens (tertiary/aromatic N) is 2. The summed E-state index contributed by atoms with van der Waals surface area (Å²) >= 11 is 3.55. The SMILES string of the molecule is CC(C)Cc1ccc(-c2ncn(C)c2Br)cc1. The van der Waals surface area contributed by atoms with E-state index in [9.17, 15) is 0 Å². The molecule has 0 radical (unpaired) electrons. The quantitative estimate of drug-likeness (QED) is 0.835. The van der Waals surface area contributed by atoms with Crippen LogP contribution in [0.5, 0.6) is 0 Å². The van der Waals surface area contributed by atoms with Crippen LogP contribution in [0.15, 0.2) is 35.2 Å². The van der Waals surface area contributed by atoms with Crippen LogP contribution in [0.1, 0.15) is 19.4 Å². The molecule has 0 unspecified atom stereocenters. The summed E-state index contributed by atoms with van der Waals surface area (Å²) in [6, 6.07) is 8.67. The van der Waals surface area contributed by atoms with Crippen LogP contribution in [0.2, 0.25) is 0 Å². The Morgan fingerprint density at radius 2 is 1.88 bits per heavy atom. The predicted octanol–water partition coefficient (Wildman–Crippen LogP) is 4.05. The maximum Gasteiger partial charge on any atom is 0.112 e. The standard InChI is InChI=1S/C14H17BrN2/c1-10(2)8-11-4-6-12(7-5-11)13-14(15)17(3)9-16-13/h4-7,9-10H,8H2,1-3H3. The zero-order chi connectivity index (χ0) is 12.4. The van der Waals surface area contributed by atoms with Crippen molar-refractivity contribution in [2.45, 2.75) is 20.3 Å². The highest BCUT2D eigenvalue weighted by atomic mass is 79.9. The van der Waals surface area contributed by atoms with Crippen molar-refractivity contribution in [3.8, 4) is 11.3 Å². The average molecular weight is 293 g/mol. The van der Waals surface area contributed by atoms with Crippen molar-refractivity contribution in [1.82, 2.24) is 9.55 Å². The third kappa shape index (κ3) is 2.78. The van der Waals surface area contributed by atoms with E-state index in [-0.39, 0.29) is 0 Å². The molecule has 17 heavy (non-hydrogen) atoms. The average Bonchev–Trinajstić information content (AvgIpc) is 2.60. The number of aryl methyl sites for hydroxylation is 1. The number of halogens is 1. The molecule has 1 heterocycles. The van der Waals surface area contributed by atoms with Gasteiger partial charge in [-0.1, -0.05) is 38.1 Å². The van der Waals surface area contributed by atoms with Crippen molar-refractivity contribution in [3.05, 3.63) is 40.8 Å². The van der Waals surface area contributed by atoms with E-state index in [1.165, 1.54) is 5.56 Å². The number of aromatic nitrogens is 2. The van der Waals surface area contributed by atoms with Crippen LogP contribution in [-0.2, 0) is 13.5 Å². The Morgan fingerprint density at radius 1 is 1.24 bits per heavy atom. The Labute approximate surface area is 111 Å². The lowest BCUT2D eigenvalue weighted by molar-refractivity contribution is 0.647. The summed E-state index contributed by atoms with van der Waals surface area (Å²) in [4.78, 5) is 4.39. The van der Waals surface area contributed by atoms with E-state index in [0.717, 1.165) is 22.3 Å². The summed E-state index contributed by atoms with van der Waals surface area (Å²) in [5.41, 5.74) is 3.55. The van der Waals surface area contributed by atoms with E-state index in [4.69, 9.17) is 0 Å². The molecule has 0 bridgehead atoms. The third-order valence-electron chi connectivity index (χ3n) is 2.74. The molecule has 0 spiro atoms. The second kappa shape index (κ2) is 5.05. The van der Waals surface area contributed by atoms with Crippen molar-refractivity contribution >= 4 is 15.9 Å². The predicted molar refractivity (Wildman–Crippen MR) is 74.9 cm³/mol. The van der Waals surface area contributed by atoms with Gasteiger partial charge in [-0.15, -0.1) is 0 Å². The number of imidazole rings is 1. The van der Waals surface area contributed by atoms with Gasteiger partial charge < -0.3 is 4.57 Å². The van der Waals surface area contributed by atoms with Crippen LogP contribution in [0, 0.1) is 5.92 Å². The normalized spacial score (nSPS) is 11.1. The van der Waals surface area contributed by atoms with Crippen molar-refractivity contribution in [2.24, 2.45) is 13.0 Å². The first-order chi connectivity index (χ1) is 8.08. The number of hydrogen-bond acceptors (Lipinski definition) is 1. The summed E-state index contributed by atoms with van der Waals surface area (Å²) in [5, 5.41) is 0. The molecule has 0 aliphatic carbocycles. The molecule has 90 valence electrons. The molecule has 1 aromatic carbocycles. The van der Waals surface area contributed by atoms with E-state index in [2.05, 4.69) is 59.0 Å². The van der Waals surface area contributed by atoms with Gasteiger partial charge in [0.15, 0.2) is 0 Å². The molecule has 0 fully saturated rings. The van der Waals surface area contributed by atoms with Gasteiger partial charge in [-0.3, -0.25) is 0 Å². The Balaban J connectivity index is 2.26. The van der Waals surface area contributed by atoms with Crippen LogP contribution in [0.25, 0.3) is 11.3 Å². The fourth-order valence-electron chi connectivity index (χ4n) is 1.88. The van der Waals surface area contributed by atoms with Gasteiger partial charge in [0.2, 0.25) is 0 Å². The molecule has 1 aromatic heterocycles. The Bertz CT molecular complexity index is 497. The summed E-state index contributed by atoms with van der Waals surface area (Å²) in [6.07, 6.45) is 2.95. The lowest BCUT2D eigenvalue weighted by Gasteiger charge is -2.05. The first kappa shape index (κ1) is 12.4. The fourth-order valence-corrected chi connectivity index (χ4v) is 2.30. The maximum absolute atomic E-state index is 4.39. The Hall–Kier alpha value is -1.09. The first-order valence-corrected chi connectivity index (χ1v) is 6.63. The monoisotopic (exact) mass is 292 g/mol. The molecular weight excluding hydrogens is 276 g/mol. The fraction of sp³-hybridized carbons (Fsp3) is 0.357. The molecule has 0 amide bonds. The molecule has 0 saturated heterocycles. The molecule has 2 rings (SSSR count). The first-order valence-electron chi connectivity index (χ1n) is 5.84. The van der Waals surface area contributed by atoms with E-state index in [1.54, 1.807) is 0 Å². The van der Waals surface area contributed by atoms with Gasteiger partial charge in [-0.2, -0.15) is 0 Å². The molecule has 0 aliphatic heterocycles. The zero-order valence-corrected chi connectivity index (χ0v) is 12.0. The molecular formula is C14H17BrN2. The van der Waals surface area contributed by atoms with Crippen molar-refractivity contribution in [1.29, 1.82) is 0 Å². The van der Waals surface area contributed by atoms with Gasteiger partial charge in [-0.05, 0) is 33.8 Å². The zero-order valence-electron chi connectivity index (χ0n) is 10.4. The minimum atomic E-state index is 0.697. The lowest BCUT2D eigenvalue weighted by atomic mass is 10.0. The van der Waals surface area contributed by atoms with Crippen molar-refractivity contribution in [2.75, 3.05) is 0 Å². The Morgan fingerprint density at radius 3 is 2.35 bits per heavy atom. The molecule has 0 aliphatic rings. The summed E-state index contributed by atoms with van der Waals surface area (Å²) in [6.45, 7) is 4.48. The van der Waals surface area contributed by atoms with Gasteiger partial charge in [0, 0.05) is 12.6 Å². The van der Waals surface area contributed by atoms with Crippen LogP contribution >= 0.6 is 15.9 Å². The van der Waals surface area contributed by atoms with Crippen molar-refractivity contribution in [3.63, 3.8) is 0 Å². The highest BCUT2D eigenvalue weighted by Gasteiger charge is 2.08. The van der Waals surface area contributed by atoms with E-state index >= 15 is 0 Å². The third-order valence-corrected chi connectivity index (χ3v) is 3.67.